The molecule has 2 N–H and O–H groups in total. The van der Waals surface area contributed by atoms with Crippen molar-refractivity contribution in [3.05, 3.63) is 17.5 Å². The van der Waals surface area contributed by atoms with Gasteiger partial charge in [0.25, 0.3) is 5.91 Å². The average molecular weight is 267 g/mol. The molecule has 1 amide bonds. The van der Waals surface area contributed by atoms with Crippen LogP contribution in [0.4, 0.5) is 0 Å². The second-order valence-electron chi connectivity index (χ2n) is 4.72. The molecule has 7 heteroatoms. The zero-order valence-electron chi connectivity index (χ0n) is 10.9. The van der Waals surface area contributed by atoms with E-state index in [-0.39, 0.29) is 18.9 Å². The van der Waals surface area contributed by atoms with Gasteiger partial charge in [0.2, 0.25) is 0 Å². The van der Waals surface area contributed by atoms with Crippen LogP contribution >= 0.6 is 0 Å². The molecule has 1 aliphatic rings. The molecule has 0 radical (unpaired) electrons. The number of aryl methyl sites for hydroxylation is 2. The number of carbonyl (C=O) groups is 2. The molecule has 2 rings (SSSR count). The highest BCUT2D eigenvalue weighted by Gasteiger charge is 2.40. The fourth-order valence-corrected chi connectivity index (χ4v) is 2.40. The summed E-state index contributed by atoms with van der Waals surface area (Å²) in [5.74, 6) is -1.47. The first-order chi connectivity index (χ1) is 8.93. The van der Waals surface area contributed by atoms with Crippen molar-refractivity contribution < 1.29 is 19.8 Å². The maximum absolute atomic E-state index is 12.4. The standard InChI is InChI=1S/C12H17N3O4/c1-3-9-8(6-14(2)13-9)11(17)15-5-7(16)4-10(15)12(18)19/h6-7,10,16H,3-5H2,1-2H3,(H,18,19)/t7-,10-/m1/s1. The van der Waals surface area contributed by atoms with Gasteiger partial charge >= 0.3 is 5.97 Å². The van der Waals surface area contributed by atoms with Crippen LogP contribution in [0.2, 0.25) is 0 Å². The van der Waals surface area contributed by atoms with Crippen LogP contribution in [0.5, 0.6) is 0 Å². The number of nitrogens with zero attached hydrogens (tertiary/aromatic N) is 3. The molecule has 0 aromatic carbocycles. The largest absolute Gasteiger partial charge is 0.480 e. The minimum absolute atomic E-state index is 0.0495. The number of β-amino-alcohol motifs (C(OH)–C–C–N with tert-alkyl or cyclic N) is 1. The fourth-order valence-electron chi connectivity index (χ4n) is 2.40. The van der Waals surface area contributed by atoms with Crippen molar-refractivity contribution in [2.45, 2.75) is 31.9 Å². The van der Waals surface area contributed by atoms with Gasteiger partial charge in [-0.15, -0.1) is 0 Å². The van der Waals surface area contributed by atoms with Crippen molar-refractivity contribution in [3.8, 4) is 0 Å². The molecule has 2 heterocycles. The van der Waals surface area contributed by atoms with Crippen LogP contribution in [0.3, 0.4) is 0 Å². The van der Waals surface area contributed by atoms with E-state index in [9.17, 15) is 14.7 Å². The Balaban J connectivity index is 2.30. The molecule has 2 atom stereocenters. The summed E-state index contributed by atoms with van der Waals surface area (Å²) in [4.78, 5) is 24.7. The first kappa shape index (κ1) is 13.5. The topological polar surface area (TPSA) is 95.7 Å². The minimum atomic E-state index is -1.09. The third-order valence-corrected chi connectivity index (χ3v) is 3.30. The van der Waals surface area contributed by atoms with Gasteiger partial charge in [-0.2, -0.15) is 5.10 Å². The lowest BCUT2D eigenvalue weighted by Gasteiger charge is -2.20. The van der Waals surface area contributed by atoms with Crippen LogP contribution in [0.25, 0.3) is 0 Å². The van der Waals surface area contributed by atoms with E-state index < -0.39 is 18.1 Å². The van der Waals surface area contributed by atoms with Gasteiger partial charge in [-0.25, -0.2) is 4.79 Å². The normalized spacial score (nSPS) is 22.8. The Morgan fingerprint density at radius 2 is 2.21 bits per heavy atom. The second kappa shape index (κ2) is 5.00. The Morgan fingerprint density at radius 1 is 1.53 bits per heavy atom. The number of hydrogen-bond acceptors (Lipinski definition) is 4. The molecular formula is C12H17N3O4. The van der Waals surface area contributed by atoms with Gasteiger partial charge in [-0.3, -0.25) is 9.48 Å². The molecule has 104 valence electrons. The molecule has 1 aromatic rings. The number of rotatable bonds is 3. The summed E-state index contributed by atoms with van der Waals surface area (Å²) in [6.07, 6.45) is 1.47. The van der Waals surface area contributed by atoms with Gasteiger partial charge in [0.15, 0.2) is 0 Å². The van der Waals surface area contributed by atoms with Crippen LogP contribution in [-0.2, 0) is 18.3 Å². The van der Waals surface area contributed by atoms with Gasteiger partial charge in [-0.1, -0.05) is 6.92 Å². The van der Waals surface area contributed by atoms with Crippen molar-refractivity contribution in [2.75, 3.05) is 6.54 Å². The molecule has 0 spiro atoms. The summed E-state index contributed by atoms with van der Waals surface area (Å²) in [5, 5.41) is 22.8. The van der Waals surface area contributed by atoms with E-state index in [2.05, 4.69) is 5.10 Å². The number of amides is 1. The summed E-state index contributed by atoms with van der Waals surface area (Å²) < 4.78 is 1.54. The molecule has 0 saturated carbocycles. The van der Waals surface area contributed by atoms with Crippen LogP contribution in [0.15, 0.2) is 6.20 Å². The number of aliphatic hydroxyl groups is 1. The van der Waals surface area contributed by atoms with Crippen molar-refractivity contribution in [1.29, 1.82) is 0 Å². The van der Waals surface area contributed by atoms with Gasteiger partial charge in [0.1, 0.15) is 6.04 Å². The fraction of sp³-hybridized carbons (Fsp3) is 0.583. The lowest BCUT2D eigenvalue weighted by molar-refractivity contribution is -0.141. The van der Waals surface area contributed by atoms with E-state index in [1.165, 1.54) is 9.58 Å². The Morgan fingerprint density at radius 3 is 2.79 bits per heavy atom. The van der Waals surface area contributed by atoms with E-state index in [0.717, 1.165) is 0 Å². The predicted molar refractivity (Wildman–Crippen MR) is 65.7 cm³/mol. The van der Waals surface area contributed by atoms with E-state index in [4.69, 9.17) is 5.11 Å². The maximum Gasteiger partial charge on any atom is 0.326 e. The highest BCUT2D eigenvalue weighted by atomic mass is 16.4. The first-order valence-electron chi connectivity index (χ1n) is 6.18. The molecule has 0 bridgehead atoms. The molecule has 1 aromatic heterocycles. The van der Waals surface area contributed by atoms with Crippen LogP contribution in [-0.4, -0.2) is 55.5 Å². The lowest BCUT2D eigenvalue weighted by atomic mass is 10.1. The van der Waals surface area contributed by atoms with Crippen molar-refractivity contribution >= 4 is 11.9 Å². The number of hydrogen-bond donors (Lipinski definition) is 2. The molecule has 1 fully saturated rings. The number of carboxylic acids is 1. The minimum Gasteiger partial charge on any atom is -0.480 e. The van der Waals surface area contributed by atoms with Gasteiger partial charge in [0, 0.05) is 26.2 Å². The quantitative estimate of drug-likeness (QED) is 0.780. The summed E-state index contributed by atoms with van der Waals surface area (Å²) in [5.41, 5.74) is 1.04. The molecule has 1 saturated heterocycles. The summed E-state index contributed by atoms with van der Waals surface area (Å²) in [6, 6.07) is -0.965. The summed E-state index contributed by atoms with van der Waals surface area (Å²) in [7, 11) is 1.71. The Bertz CT molecular complexity index is 511. The van der Waals surface area contributed by atoms with E-state index in [1.807, 2.05) is 6.92 Å². The van der Waals surface area contributed by atoms with Gasteiger partial charge < -0.3 is 15.1 Å². The first-order valence-corrected chi connectivity index (χ1v) is 6.18. The van der Waals surface area contributed by atoms with E-state index in [1.54, 1.807) is 13.2 Å². The van der Waals surface area contributed by atoms with Crippen LogP contribution in [0.1, 0.15) is 29.4 Å². The summed E-state index contributed by atoms with van der Waals surface area (Å²) >= 11 is 0. The van der Waals surface area contributed by atoms with Crippen LogP contribution < -0.4 is 0 Å². The van der Waals surface area contributed by atoms with Gasteiger partial charge in [0.05, 0.1) is 17.4 Å². The van der Waals surface area contributed by atoms with Crippen molar-refractivity contribution in [2.24, 2.45) is 7.05 Å². The molecule has 0 unspecified atom stereocenters. The third kappa shape index (κ3) is 2.46. The SMILES string of the molecule is CCc1nn(C)cc1C(=O)N1C[C@H](O)C[C@@H]1C(=O)O. The number of likely N-dealkylation sites (tertiary alicyclic amines) is 1. The molecule has 1 aliphatic heterocycles. The Labute approximate surface area is 110 Å². The number of aliphatic carboxylic acids is 1. The predicted octanol–water partition coefficient (Wildman–Crippen LogP) is -0.357. The number of aromatic nitrogens is 2. The highest BCUT2D eigenvalue weighted by molar-refractivity contribution is 5.97. The zero-order valence-corrected chi connectivity index (χ0v) is 10.9. The second-order valence-corrected chi connectivity index (χ2v) is 4.72. The molecule has 0 aliphatic carbocycles. The monoisotopic (exact) mass is 267 g/mol. The lowest BCUT2D eigenvalue weighted by Crippen LogP contribution is -2.40. The van der Waals surface area contributed by atoms with E-state index >= 15 is 0 Å². The molecule has 7 nitrogen and oxygen atoms in total. The molecule has 19 heavy (non-hydrogen) atoms. The maximum atomic E-state index is 12.4. The average Bonchev–Trinajstić information content (AvgIpc) is 2.91. The van der Waals surface area contributed by atoms with Gasteiger partial charge in [-0.05, 0) is 6.42 Å². The highest BCUT2D eigenvalue weighted by Crippen LogP contribution is 2.22. The summed E-state index contributed by atoms with van der Waals surface area (Å²) in [6.45, 7) is 1.93. The third-order valence-electron chi connectivity index (χ3n) is 3.30. The zero-order chi connectivity index (χ0) is 14.2. The van der Waals surface area contributed by atoms with Crippen molar-refractivity contribution in [1.82, 2.24) is 14.7 Å². The number of carboxylic acid groups (broad SMARTS) is 1. The Hall–Kier alpha value is -1.89. The smallest absolute Gasteiger partial charge is 0.326 e. The number of carbonyl (C=O) groups excluding carboxylic acids is 1. The number of aliphatic hydroxyl groups excluding tert-OH is 1. The van der Waals surface area contributed by atoms with E-state index in [0.29, 0.717) is 17.7 Å². The van der Waals surface area contributed by atoms with Crippen molar-refractivity contribution in [3.63, 3.8) is 0 Å². The Kier molecular flexibility index (Phi) is 3.57. The van der Waals surface area contributed by atoms with Crippen LogP contribution in [0, 0.1) is 0 Å². The molecular weight excluding hydrogens is 250 g/mol.